The minimum atomic E-state index is -1.10. The van der Waals surface area contributed by atoms with Crippen molar-refractivity contribution >= 4 is 17.0 Å². The normalized spacial score (nSPS) is 23.0. The highest BCUT2D eigenvalue weighted by Gasteiger charge is 2.61. The zero-order valence-corrected chi connectivity index (χ0v) is 19.5. The molecule has 2 aliphatic rings. The van der Waals surface area contributed by atoms with Crippen LogP contribution in [0.1, 0.15) is 36.9 Å². The summed E-state index contributed by atoms with van der Waals surface area (Å²) in [6.07, 6.45) is 3.24. The molecule has 2 aliphatic carbocycles. The monoisotopic (exact) mass is 476 g/mol. The van der Waals surface area contributed by atoms with Crippen molar-refractivity contribution in [1.82, 2.24) is 15.3 Å². The molecule has 6 rings (SSSR count). The van der Waals surface area contributed by atoms with Crippen molar-refractivity contribution in [3.8, 4) is 28.5 Å². The number of carboxylic acid groups (broad SMARTS) is 1. The van der Waals surface area contributed by atoms with Crippen LogP contribution in [0.15, 0.2) is 72.9 Å². The van der Waals surface area contributed by atoms with Gasteiger partial charge < -0.3 is 15.5 Å². The topological polar surface area (TPSA) is 119 Å². The van der Waals surface area contributed by atoms with E-state index in [2.05, 4.69) is 16.4 Å². The molecule has 0 aliphatic heterocycles. The van der Waals surface area contributed by atoms with Crippen molar-refractivity contribution in [2.24, 2.45) is 5.92 Å². The van der Waals surface area contributed by atoms with Crippen LogP contribution in [-0.4, -0.2) is 31.9 Å². The third-order valence-corrected chi connectivity index (χ3v) is 7.54. The molecular formula is C29H24N4O3. The summed E-state index contributed by atoms with van der Waals surface area (Å²) in [6.45, 7) is 0. The zero-order chi connectivity index (χ0) is 24.9. The van der Waals surface area contributed by atoms with Crippen LogP contribution in [0.3, 0.4) is 0 Å². The number of nitriles is 1. The fourth-order valence-corrected chi connectivity index (χ4v) is 5.66. The Morgan fingerprint density at radius 3 is 2.39 bits per heavy atom. The predicted octanol–water partition coefficient (Wildman–Crippen LogP) is 5.23. The van der Waals surface area contributed by atoms with E-state index in [-0.39, 0.29) is 5.92 Å². The van der Waals surface area contributed by atoms with Crippen molar-refractivity contribution in [1.29, 1.82) is 5.26 Å². The second-order valence-corrected chi connectivity index (χ2v) is 9.91. The van der Waals surface area contributed by atoms with Gasteiger partial charge in [0, 0.05) is 35.6 Å². The highest BCUT2D eigenvalue weighted by molar-refractivity contribution is 5.93. The molecule has 2 aromatic heterocycles. The van der Waals surface area contributed by atoms with Crippen LogP contribution in [0.25, 0.3) is 33.3 Å². The summed E-state index contributed by atoms with van der Waals surface area (Å²) in [5.74, 6) is 0.267. The van der Waals surface area contributed by atoms with E-state index in [9.17, 15) is 20.3 Å². The quantitative estimate of drug-likeness (QED) is 0.363. The van der Waals surface area contributed by atoms with Crippen LogP contribution in [0.5, 0.6) is 0 Å². The van der Waals surface area contributed by atoms with Crippen LogP contribution in [0.4, 0.5) is 4.79 Å². The van der Waals surface area contributed by atoms with Gasteiger partial charge in [-0.1, -0.05) is 54.6 Å². The van der Waals surface area contributed by atoms with Gasteiger partial charge in [-0.15, -0.1) is 0 Å². The maximum absolute atomic E-state index is 11.6. The molecular weight excluding hydrogens is 452 g/mol. The Bertz CT molecular complexity index is 1520. The lowest BCUT2D eigenvalue weighted by Gasteiger charge is -2.54. The summed E-state index contributed by atoms with van der Waals surface area (Å²) >= 11 is 0. The molecule has 2 aromatic carbocycles. The molecule has 36 heavy (non-hydrogen) atoms. The maximum Gasteiger partial charge on any atom is 0.405 e. The second kappa shape index (κ2) is 8.14. The maximum atomic E-state index is 11.6. The molecule has 2 heterocycles. The SMILES string of the molecule is N#Cc1nccc2nc(-c3ccc(C4(NC(=O)O)CC(O)(C5CC5)C4)cc3)c(-c3ccccc3)cc12. The number of nitrogens with one attached hydrogen (secondary N) is 1. The van der Waals surface area contributed by atoms with Crippen molar-refractivity contribution in [3.63, 3.8) is 0 Å². The van der Waals surface area contributed by atoms with Crippen LogP contribution >= 0.6 is 0 Å². The molecule has 1 amide bonds. The molecule has 4 aromatic rings. The number of pyridine rings is 2. The third kappa shape index (κ3) is 3.67. The Morgan fingerprint density at radius 2 is 1.75 bits per heavy atom. The molecule has 7 nitrogen and oxygen atoms in total. The average Bonchev–Trinajstić information content (AvgIpc) is 3.73. The standard InChI is InChI=1S/C29H24N4O3/c30-15-25-23-14-22(18-4-2-1-3-5-18)26(32-24(23)12-13-31-25)19-6-8-20(9-7-19)28(33-27(34)35)16-29(36,17-28)21-10-11-21/h1-9,12-14,21,33,36H,10-11,16-17H2,(H,34,35). The zero-order valence-electron chi connectivity index (χ0n) is 19.5. The minimum absolute atomic E-state index is 0.267. The molecule has 0 atom stereocenters. The van der Waals surface area contributed by atoms with Gasteiger partial charge in [0.2, 0.25) is 0 Å². The first kappa shape index (κ1) is 22.2. The number of amides is 1. The summed E-state index contributed by atoms with van der Waals surface area (Å²) in [5, 5.41) is 33.4. The smallest absolute Gasteiger partial charge is 0.405 e. The van der Waals surface area contributed by atoms with Crippen molar-refractivity contribution in [2.75, 3.05) is 0 Å². The molecule has 7 heteroatoms. The summed E-state index contributed by atoms with van der Waals surface area (Å²) in [5.41, 5.74) is 3.73. The van der Waals surface area contributed by atoms with Crippen LogP contribution in [0, 0.1) is 17.2 Å². The largest absolute Gasteiger partial charge is 0.465 e. The van der Waals surface area contributed by atoms with E-state index in [1.165, 1.54) is 0 Å². The lowest BCUT2D eigenvalue weighted by Crippen LogP contribution is -2.63. The summed E-state index contributed by atoms with van der Waals surface area (Å²) in [6, 6.07) is 23.5. The highest BCUT2D eigenvalue weighted by atomic mass is 16.4. The second-order valence-electron chi connectivity index (χ2n) is 9.91. The Hall–Kier alpha value is -4.28. The Kier molecular flexibility index (Phi) is 5.02. The van der Waals surface area contributed by atoms with Gasteiger partial charge in [0.25, 0.3) is 0 Å². The molecule has 2 fully saturated rings. The third-order valence-electron chi connectivity index (χ3n) is 7.54. The molecule has 0 spiro atoms. The van der Waals surface area contributed by atoms with Crippen LogP contribution < -0.4 is 5.32 Å². The summed E-state index contributed by atoms with van der Waals surface area (Å²) in [4.78, 5) is 20.7. The minimum Gasteiger partial charge on any atom is -0.465 e. The average molecular weight is 477 g/mol. The highest BCUT2D eigenvalue weighted by Crippen LogP contribution is 2.58. The van der Waals surface area contributed by atoms with Gasteiger partial charge in [-0.25, -0.2) is 14.8 Å². The van der Waals surface area contributed by atoms with Crippen LogP contribution in [0.2, 0.25) is 0 Å². The lowest BCUT2D eigenvalue weighted by atomic mass is 9.59. The summed E-state index contributed by atoms with van der Waals surface area (Å²) < 4.78 is 0. The Morgan fingerprint density at radius 1 is 1.03 bits per heavy atom. The molecule has 2 saturated carbocycles. The number of aromatic nitrogens is 2. The van der Waals surface area contributed by atoms with Gasteiger partial charge in [-0.2, -0.15) is 5.26 Å². The van der Waals surface area contributed by atoms with Crippen molar-refractivity contribution in [3.05, 3.63) is 84.2 Å². The Labute approximate surface area is 208 Å². The van der Waals surface area contributed by atoms with E-state index in [1.807, 2.05) is 60.7 Å². The van der Waals surface area contributed by atoms with E-state index in [0.29, 0.717) is 29.4 Å². The van der Waals surface area contributed by atoms with Gasteiger partial charge in [0.1, 0.15) is 11.8 Å². The van der Waals surface area contributed by atoms with Gasteiger partial charge in [0.05, 0.1) is 22.4 Å². The van der Waals surface area contributed by atoms with Gasteiger partial charge in [-0.05, 0) is 42.0 Å². The molecule has 0 bridgehead atoms. The molecule has 0 unspecified atom stereocenters. The number of rotatable bonds is 5. The molecule has 0 radical (unpaired) electrons. The Balaban J connectivity index is 1.43. The molecule has 3 N–H and O–H groups in total. The van der Waals surface area contributed by atoms with Crippen LogP contribution in [-0.2, 0) is 5.54 Å². The molecule has 178 valence electrons. The van der Waals surface area contributed by atoms with Gasteiger partial charge in [-0.3, -0.25) is 0 Å². The molecule has 0 saturated heterocycles. The van der Waals surface area contributed by atoms with E-state index in [1.54, 1.807) is 12.3 Å². The predicted molar refractivity (Wildman–Crippen MR) is 135 cm³/mol. The number of hydrogen-bond donors (Lipinski definition) is 3. The number of fused-ring (bicyclic) bond motifs is 1. The first-order valence-electron chi connectivity index (χ1n) is 12.0. The van der Waals surface area contributed by atoms with E-state index in [0.717, 1.165) is 40.8 Å². The van der Waals surface area contributed by atoms with Gasteiger partial charge >= 0.3 is 6.09 Å². The lowest BCUT2D eigenvalue weighted by molar-refractivity contribution is -0.116. The fourth-order valence-electron chi connectivity index (χ4n) is 5.66. The fraction of sp³-hybridized carbons (Fsp3) is 0.241. The van der Waals surface area contributed by atoms with E-state index < -0.39 is 17.2 Å². The number of benzene rings is 2. The number of hydrogen-bond acceptors (Lipinski definition) is 5. The first-order valence-corrected chi connectivity index (χ1v) is 12.0. The first-order chi connectivity index (χ1) is 17.4. The van der Waals surface area contributed by atoms with E-state index in [4.69, 9.17) is 4.98 Å². The summed E-state index contributed by atoms with van der Waals surface area (Å²) in [7, 11) is 0. The number of carbonyl (C=O) groups is 1. The van der Waals surface area contributed by atoms with E-state index >= 15 is 0 Å². The number of aliphatic hydroxyl groups is 1. The van der Waals surface area contributed by atoms with Crippen molar-refractivity contribution < 1.29 is 15.0 Å². The van der Waals surface area contributed by atoms with Crippen molar-refractivity contribution in [2.45, 2.75) is 36.8 Å². The van der Waals surface area contributed by atoms with Gasteiger partial charge in [0.15, 0.2) is 0 Å². The number of nitrogens with zero attached hydrogens (tertiary/aromatic N) is 3.